The predicted molar refractivity (Wildman–Crippen MR) is 70.0 cm³/mol. The highest BCUT2D eigenvalue weighted by Gasteiger charge is 1.94. The van der Waals surface area contributed by atoms with E-state index >= 15 is 0 Å². The average Bonchev–Trinajstić information content (AvgIpc) is 2.18. The van der Waals surface area contributed by atoms with Crippen molar-refractivity contribution in [2.24, 2.45) is 0 Å². The first kappa shape index (κ1) is 12.0. The summed E-state index contributed by atoms with van der Waals surface area (Å²) in [7, 11) is 0. The molecular weight excluding hydrogens is 304 g/mol. The van der Waals surface area contributed by atoms with E-state index in [2.05, 4.69) is 69.1 Å². The molecule has 2 heteroatoms. The van der Waals surface area contributed by atoms with E-state index in [4.69, 9.17) is 0 Å². The molecule has 76 valence electrons. The normalized spacial score (nSPS) is 11.8. The van der Waals surface area contributed by atoms with Crippen LogP contribution in [0, 0.1) is 0 Å². The van der Waals surface area contributed by atoms with Gasteiger partial charge in [-0.3, -0.25) is 0 Å². The van der Waals surface area contributed by atoms with E-state index in [1.807, 2.05) is 0 Å². The molecule has 0 aliphatic carbocycles. The molecule has 0 aliphatic heterocycles. The average molecular weight is 318 g/mol. The van der Waals surface area contributed by atoms with Gasteiger partial charge in [0.1, 0.15) is 0 Å². The van der Waals surface area contributed by atoms with Gasteiger partial charge in [-0.1, -0.05) is 55.6 Å². The van der Waals surface area contributed by atoms with E-state index in [1.165, 1.54) is 11.1 Å². The van der Waals surface area contributed by atoms with Gasteiger partial charge >= 0.3 is 0 Å². The third-order valence-electron chi connectivity index (χ3n) is 2.00. The van der Waals surface area contributed by atoms with E-state index < -0.39 is 0 Å². The van der Waals surface area contributed by atoms with Gasteiger partial charge in [0.25, 0.3) is 0 Å². The Bertz CT molecular complexity index is 299. The van der Waals surface area contributed by atoms with Crippen LogP contribution in [-0.4, -0.2) is 5.33 Å². The lowest BCUT2D eigenvalue weighted by Gasteiger charge is -2.01. The minimum atomic E-state index is 1.05. The molecule has 0 nitrogen and oxygen atoms in total. The van der Waals surface area contributed by atoms with Crippen LogP contribution >= 0.6 is 31.9 Å². The van der Waals surface area contributed by atoms with E-state index in [0.717, 1.165) is 22.6 Å². The minimum Gasteiger partial charge on any atom is -0.0925 e. The summed E-state index contributed by atoms with van der Waals surface area (Å²) in [6, 6.07) is 8.51. The van der Waals surface area contributed by atoms with Crippen molar-refractivity contribution in [2.75, 3.05) is 5.33 Å². The van der Waals surface area contributed by atoms with E-state index in [1.54, 1.807) is 0 Å². The van der Waals surface area contributed by atoms with Crippen LogP contribution < -0.4 is 0 Å². The summed E-state index contributed by atoms with van der Waals surface area (Å²) >= 11 is 6.85. The quantitative estimate of drug-likeness (QED) is 0.556. The zero-order valence-electron chi connectivity index (χ0n) is 8.26. The third-order valence-corrected chi connectivity index (χ3v) is 2.98. The molecule has 0 atom stereocenters. The summed E-state index contributed by atoms with van der Waals surface area (Å²) in [5.41, 5.74) is 2.81. The Morgan fingerprint density at radius 3 is 2.50 bits per heavy atom. The van der Waals surface area contributed by atoms with Crippen LogP contribution in [0.3, 0.4) is 0 Å². The van der Waals surface area contributed by atoms with Crippen molar-refractivity contribution < 1.29 is 0 Å². The predicted octanol–water partition coefficient (Wildman–Crippen LogP) is 4.72. The van der Waals surface area contributed by atoms with Crippen molar-refractivity contribution in [3.8, 4) is 0 Å². The molecule has 0 aromatic heterocycles. The molecule has 1 rings (SSSR count). The minimum absolute atomic E-state index is 1.05. The van der Waals surface area contributed by atoms with Crippen LogP contribution in [-0.2, 0) is 6.42 Å². The summed E-state index contributed by atoms with van der Waals surface area (Å²) in [4.78, 5) is 0. The molecule has 0 heterocycles. The Labute approximate surface area is 103 Å². The van der Waals surface area contributed by atoms with Gasteiger partial charge in [-0.15, -0.1) is 0 Å². The number of hydrogen-bond donors (Lipinski definition) is 0. The second-order valence-electron chi connectivity index (χ2n) is 3.33. The molecule has 0 saturated heterocycles. The molecule has 1 aromatic rings. The topological polar surface area (TPSA) is 0 Å². The first-order valence-corrected chi connectivity index (χ1v) is 6.60. The SMILES string of the molecule is CC(=CCCBr)Cc1ccc(Br)cc1. The van der Waals surface area contributed by atoms with E-state index in [0.29, 0.717) is 0 Å². The molecule has 14 heavy (non-hydrogen) atoms. The van der Waals surface area contributed by atoms with Crippen LogP contribution in [0.15, 0.2) is 40.4 Å². The van der Waals surface area contributed by atoms with Gasteiger partial charge in [0.05, 0.1) is 0 Å². The number of allylic oxidation sites excluding steroid dienone is 2. The van der Waals surface area contributed by atoms with Gasteiger partial charge in [0.2, 0.25) is 0 Å². The van der Waals surface area contributed by atoms with Crippen LogP contribution in [0.2, 0.25) is 0 Å². The number of halogens is 2. The largest absolute Gasteiger partial charge is 0.0925 e. The van der Waals surface area contributed by atoms with Gasteiger partial charge in [-0.2, -0.15) is 0 Å². The summed E-state index contributed by atoms with van der Waals surface area (Å²) in [6.07, 6.45) is 4.46. The fraction of sp³-hybridized carbons (Fsp3) is 0.333. The van der Waals surface area contributed by atoms with Gasteiger partial charge in [0.15, 0.2) is 0 Å². The fourth-order valence-electron chi connectivity index (χ4n) is 1.30. The Morgan fingerprint density at radius 2 is 1.93 bits per heavy atom. The molecule has 0 radical (unpaired) electrons. The number of hydrogen-bond acceptors (Lipinski definition) is 0. The van der Waals surface area contributed by atoms with Crippen molar-refractivity contribution in [3.63, 3.8) is 0 Å². The summed E-state index contributed by atoms with van der Waals surface area (Å²) in [5, 5.41) is 1.05. The summed E-state index contributed by atoms with van der Waals surface area (Å²) in [5.74, 6) is 0. The number of rotatable bonds is 4. The Balaban J connectivity index is 2.56. The maximum Gasteiger partial charge on any atom is 0.0175 e. The molecule has 0 spiro atoms. The highest BCUT2D eigenvalue weighted by molar-refractivity contribution is 9.10. The molecule has 0 aliphatic rings. The number of benzene rings is 1. The van der Waals surface area contributed by atoms with Gasteiger partial charge < -0.3 is 0 Å². The Morgan fingerprint density at radius 1 is 1.29 bits per heavy atom. The lowest BCUT2D eigenvalue weighted by molar-refractivity contribution is 1.10. The van der Waals surface area contributed by atoms with Crippen LogP contribution in [0.1, 0.15) is 18.9 Å². The van der Waals surface area contributed by atoms with Crippen LogP contribution in [0.5, 0.6) is 0 Å². The second kappa shape index (κ2) is 6.41. The summed E-state index contributed by atoms with van der Waals surface area (Å²) < 4.78 is 1.14. The molecular formula is C12H14Br2. The second-order valence-corrected chi connectivity index (χ2v) is 5.04. The zero-order chi connectivity index (χ0) is 10.4. The third kappa shape index (κ3) is 4.43. The van der Waals surface area contributed by atoms with Crippen LogP contribution in [0.25, 0.3) is 0 Å². The maximum absolute atomic E-state index is 3.43. The lowest BCUT2D eigenvalue weighted by Crippen LogP contribution is -1.86. The van der Waals surface area contributed by atoms with Crippen LogP contribution in [0.4, 0.5) is 0 Å². The number of alkyl halides is 1. The highest BCUT2D eigenvalue weighted by atomic mass is 79.9. The van der Waals surface area contributed by atoms with Crippen molar-refractivity contribution in [1.82, 2.24) is 0 Å². The Hall–Kier alpha value is -0.0800. The smallest absolute Gasteiger partial charge is 0.0175 e. The summed E-state index contributed by atoms with van der Waals surface area (Å²) in [6.45, 7) is 2.19. The standard InChI is InChI=1S/C12H14Br2/c1-10(3-2-8-13)9-11-4-6-12(14)7-5-11/h3-7H,2,8-9H2,1H3. The molecule has 0 saturated carbocycles. The van der Waals surface area contributed by atoms with Gasteiger partial charge in [-0.05, 0) is 37.5 Å². The van der Waals surface area contributed by atoms with Crippen molar-refractivity contribution >= 4 is 31.9 Å². The maximum atomic E-state index is 3.43. The van der Waals surface area contributed by atoms with Crippen molar-refractivity contribution in [1.29, 1.82) is 0 Å². The fourth-order valence-corrected chi connectivity index (χ4v) is 1.79. The molecule has 0 amide bonds. The highest BCUT2D eigenvalue weighted by Crippen LogP contribution is 2.13. The van der Waals surface area contributed by atoms with Crippen molar-refractivity contribution in [3.05, 3.63) is 46.0 Å². The molecule has 1 aromatic carbocycles. The first-order chi connectivity index (χ1) is 6.72. The monoisotopic (exact) mass is 316 g/mol. The molecule has 0 unspecified atom stereocenters. The Kier molecular flexibility index (Phi) is 5.49. The van der Waals surface area contributed by atoms with E-state index in [-0.39, 0.29) is 0 Å². The lowest BCUT2D eigenvalue weighted by atomic mass is 10.1. The van der Waals surface area contributed by atoms with Gasteiger partial charge in [0, 0.05) is 9.80 Å². The van der Waals surface area contributed by atoms with Crippen molar-refractivity contribution in [2.45, 2.75) is 19.8 Å². The van der Waals surface area contributed by atoms with Gasteiger partial charge in [-0.25, -0.2) is 0 Å². The molecule has 0 bridgehead atoms. The zero-order valence-corrected chi connectivity index (χ0v) is 11.4. The first-order valence-electron chi connectivity index (χ1n) is 4.68. The molecule has 0 fully saturated rings. The molecule has 0 N–H and O–H groups in total. The van der Waals surface area contributed by atoms with E-state index in [9.17, 15) is 0 Å².